The Bertz CT molecular complexity index is 334. The Hall–Kier alpha value is -0.820. The largest absolute Gasteiger partial charge is 0.312 e. The fraction of sp³-hybridized carbons (Fsp3) is 0.600. The molecule has 1 aliphatic heterocycles. The summed E-state index contributed by atoms with van der Waals surface area (Å²) in [5.41, 5.74) is 4.75. The molecule has 0 unspecified atom stereocenters. The van der Waals surface area contributed by atoms with E-state index in [2.05, 4.69) is 44.3 Å². The van der Waals surface area contributed by atoms with Crippen molar-refractivity contribution < 1.29 is 0 Å². The molecule has 1 N–H and O–H groups in total. The molecule has 0 radical (unpaired) electrons. The lowest BCUT2D eigenvalue weighted by atomic mass is 9.84. The van der Waals surface area contributed by atoms with E-state index in [1.807, 2.05) is 13.8 Å². The van der Waals surface area contributed by atoms with Crippen LogP contribution in [0, 0.1) is 0 Å². The molecule has 0 aromatic heterocycles. The van der Waals surface area contributed by atoms with Gasteiger partial charge in [-0.15, -0.1) is 0 Å². The molecule has 0 fully saturated rings. The van der Waals surface area contributed by atoms with Crippen molar-refractivity contribution in [2.45, 2.75) is 53.0 Å². The Morgan fingerprint density at radius 2 is 1.75 bits per heavy atom. The number of rotatable bonds is 0. The predicted octanol–water partition coefficient (Wildman–Crippen LogP) is 3.66. The first-order chi connectivity index (χ1) is 7.57. The zero-order valence-electron chi connectivity index (χ0n) is 11.4. The fourth-order valence-electron chi connectivity index (χ4n) is 1.94. The van der Waals surface area contributed by atoms with E-state index in [4.69, 9.17) is 0 Å². The lowest BCUT2D eigenvalue weighted by Gasteiger charge is -2.23. The predicted molar refractivity (Wildman–Crippen MR) is 71.9 cm³/mol. The molecule has 0 saturated carbocycles. The van der Waals surface area contributed by atoms with Gasteiger partial charge in [-0.3, -0.25) is 0 Å². The number of nitrogens with one attached hydrogen (secondary N) is 1. The first kappa shape index (κ1) is 13.2. The van der Waals surface area contributed by atoms with Crippen LogP contribution in [-0.4, -0.2) is 6.54 Å². The third-order valence-electron chi connectivity index (χ3n) is 2.96. The summed E-state index contributed by atoms with van der Waals surface area (Å²) in [4.78, 5) is 0. The van der Waals surface area contributed by atoms with Gasteiger partial charge in [0.1, 0.15) is 0 Å². The van der Waals surface area contributed by atoms with E-state index in [1.54, 1.807) is 0 Å². The lowest BCUT2D eigenvalue weighted by Crippen LogP contribution is -2.24. The number of hydrogen-bond acceptors (Lipinski definition) is 1. The maximum absolute atomic E-state index is 3.40. The molecule has 1 aromatic rings. The SMILES string of the molecule is CC.CC(C)(C)c1ccc2c(c1)CCNC2. The van der Waals surface area contributed by atoms with Crippen LogP contribution in [0.15, 0.2) is 18.2 Å². The molecule has 16 heavy (non-hydrogen) atoms. The number of fused-ring (bicyclic) bond motifs is 1. The zero-order chi connectivity index (χ0) is 12.2. The van der Waals surface area contributed by atoms with Gasteiger partial charge in [-0.1, -0.05) is 52.8 Å². The monoisotopic (exact) mass is 219 g/mol. The van der Waals surface area contributed by atoms with Gasteiger partial charge in [0.2, 0.25) is 0 Å². The second-order valence-electron chi connectivity index (χ2n) is 5.16. The minimum Gasteiger partial charge on any atom is -0.312 e. The summed E-state index contributed by atoms with van der Waals surface area (Å²) < 4.78 is 0. The minimum atomic E-state index is 0.278. The average Bonchev–Trinajstić information content (AvgIpc) is 2.30. The molecule has 0 saturated heterocycles. The van der Waals surface area contributed by atoms with Crippen LogP contribution < -0.4 is 5.32 Å². The Balaban J connectivity index is 0.000000606. The van der Waals surface area contributed by atoms with E-state index in [0.717, 1.165) is 13.1 Å². The Morgan fingerprint density at radius 3 is 2.38 bits per heavy atom. The molecule has 1 nitrogen and oxygen atoms in total. The molecule has 0 aliphatic carbocycles. The first-order valence-corrected chi connectivity index (χ1v) is 6.40. The minimum absolute atomic E-state index is 0.278. The molecule has 1 aromatic carbocycles. The first-order valence-electron chi connectivity index (χ1n) is 6.40. The van der Waals surface area contributed by atoms with Crippen LogP contribution in [0.2, 0.25) is 0 Å². The summed E-state index contributed by atoms with van der Waals surface area (Å²) in [5, 5.41) is 3.40. The summed E-state index contributed by atoms with van der Waals surface area (Å²) in [5.74, 6) is 0. The van der Waals surface area contributed by atoms with Gasteiger partial charge < -0.3 is 5.32 Å². The maximum atomic E-state index is 3.40. The molecule has 0 bridgehead atoms. The highest BCUT2D eigenvalue weighted by molar-refractivity contribution is 5.36. The Kier molecular flexibility index (Phi) is 4.55. The quantitative estimate of drug-likeness (QED) is 0.702. The van der Waals surface area contributed by atoms with Crippen LogP contribution >= 0.6 is 0 Å². The van der Waals surface area contributed by atoms with Gasteiger partial charge in [0.15, 0.2) is 0 Å². The van der Waals surface area contributed by atoms with Crippen molar-refractivity contribution in [3.63, 3.8) is 0 Å². The molecule has 0 atom stereocenters. The smallest absolute Gasteiger partial charge is 0.0208 e. The summed E-state index contributed by atoms with van der Waals surface area (Å²) >= 11 is 0. The second kappa shape index (κ2) is 5.49. The van der Waals surface area contributed by atoms with E-state index < -0.39 is 0 Å². The molecular weight excluding hydrogens is 194 g/mol. The lowest BCUT2D eigenvalue weighted by molar-refractivity contribution is 0.583. The fourth-order valence-corrected chi connectivity index (χ4v) is 1.94. The van der Waals surface area contributed by atoms with Gasteiger partial charge in [-0.2, -0.15) is 0 Å². The standard InChI is InChI=1S/C13H19N.C2H6/c1-13(2,3)12-5-4-11-9-14-7-6-10(11)8-12;1-2/h4-5,8,14H,6-7,9H2,1-3H3;1-2H3. The van der Waals surface area contributed by atoms with Crippen LogP contribution in [0.1, 0.15) is 51.3 Å². The maximum Gasteiger partial charge on any atom is 0.0208 e. The van der Waals surface area contributed by atoms with Gasteiger partial charge in [0.05, 0.1) is 0 Å². The van der Waals surface area contributed by atoms with Crippen molar-refractivity contribution in [2.24, 2.45) is 0 Å². The van der Waals surface area contributed by atoms with Crippen LogP contribution in [0.5, 0.6) is 0 Å². The molecule has 90 valence electrons. The van der Waals surface area contributed by atoms with Gasteiger partial charge in [-0.05, 0) is 35.1 Å². The van der Waals surface area contributed by atoms with Crippen LogP contribution in [0.3, 0.4) is 0 Å². The molecule has 1 heteroatoms. The normalized spacial score (nSPS) is 14.8. The Morgan fingerprint density at radius 1 is 1.06 bits per heavy atom. The van der Waals surface area contributed by atoms with Crippen molar-refractivity contribution >= 4 is 0 Å². The van der Waals surface area contributed by atoms with Crippen molar-refractivity contribution in [3.05, 3.63) is 34.9 Å². The van der Waals surface area contributed by atoms with Crippen molar-refractivity contribution in [1.29, 1.82) is 0 Å². The molecule has 1 heterocycles. The number of benzene rings is 1. The summed E-state index contributed by atoms with van der Waals surface area (Å²) in [6.45, 7) is 13.0. The van der Waals surface area contributed by atoms with Crippen molar-refractivity contribution in [3.8, 4) is 0 Å². The van der Waals surface area contributed by atoms with E-state index in [9.17, 15) is 0 Å². The van der Waals surface area contributed by atoms with Crippen LogP contribution in [-0.2, 0) is 18.4 Å². The summed E-state index contributed by atoms with van der Waals surface area (Å²) in [6.07, 6.45) is 1.18. The molecule has 2 rings (SSSR count). The topological polar surface area (TPSA) is 12.0 Å². The van der Waals surface area contributed by atoms with Crippen molar-refractivity contribution in [1.82, 2.24) is 5.32 Å². The highest BCUT2D eigenvalue weighted by Crippen LogP contribution is 2.25. The highest BCUT2D eigenvalue weighted by Gasteiger charge is 2.16. The second-order valence-corrected chi connectivity index (χ2v) is 5.16. The number of hydrogen-bond donors (Lipinski definition) is 1. The average molecular weight is 219 g/mol. The summed E-state index contributed by atoms with van der Waals surface area (Å²) in [6, 6.07) is 6.93. The Labute approximate surface area is 100 Å². The van der Waals surface area contributed by atoms with E-state index in [0.29, 0.717) is 0 Å². The van der Waals surface area contributed by atoms with Gasteiger partial charge in [-0.25, -0.2) is 0 Å². The van der Waals surface area contributed by atoms with Gasteiger partial charge >= 0.3 is 0 Å². The molecule has 1 aliphatic rings. The van der Waals surface area contributed by atoms with Crippen LogP contribution in [0.4, 0.5) is 0 Å². The third-order valence-corrected chi connectivity index (χ3v) is 2.96. The van der Waals surface area contributed by atoms with Gasteiger partial charge in [0.25, 0.3) is 0 Å². The highest BCUT2D eigenvalue weighted by atomic mass is 14.9. The van der Waals surface area contributed by atoms with E-state index in [-0.39, 0.29) is 5.41 Å². The molecular formula is C15H25N. The molecule has 0 spiro atoms. The zero-order valence-corrected chi connectivity index (χ0v) is 11.4. The van der Waals surface area contributed by atoms with Crippen LogP contribution in [0.25, 0.3) is 0 Å². The van der Waals surface area contributed by atoms with Gasteiger partial charge in [0, 0.05) is 6.54 Å². The van der Waals surface area contributed by atoms with Crippen molar-refractivity contribution in [2.75, 3.05) is 6.54 Å². The van der Waals surface area contributed by atoms with E-state index in [1.165, 1.54) is 23.1 Å². The third kappa shape index (κ3) is 3.08. The van der Waals surface area contributed by atoms with E-state index >= 15 is 0 Å². The summed E-state index contributed by atoms with van der Waals surface area (Å²) in [7, 11) is 0. The molecule has 0 amide bonds.